The van der Waals surface area contributed by atoms with Crippen LogP contribution in [0.4, 0.5) is 11.9 Å². The van der Waals surface area contributed by atoms with Crippen LogP contribution in [0.15, 0.2) is 24.3 Å². The number of benzene rings is 1. The first kappa shape index (κ1) is 16.5. The molecule has 0 unspecified atom stereocenters. The molecule has 0 aliphatic carbocycles. The number of rotatable bonds is 6. The van der Waals surface area contributed by atoms with E-state index in [2.05, 4.69) is 15.0 Å². The third kappa shape index (κ3) is 4.32. The zero-order chi connectivity index (χ0) is 16.8. The number of aromatic nitrogens is 3. The SMILES string of the molecule is CC=Cc1ccc(OCc2nc(N)nc(N(C)C)n2)c(OC)c1. The summed E-state index contributed by atoms with van der Waals surface area (Å²) in [4.78, 5) is 14.2. The standard InChI is InChI=1S/C16H21N5O2/c1-5-6-11-7-8-12(13(9-11)22-4)23-10-14-18-15(17)20-16(19-14)21(2)3/h5-9H,10H2,1-4H3,(H2,17,18,19,20). The highest BCUT2D eigenvalue weighted by atomic mass is 16.5. The number of anilines is 2. The lowest BCUT2D eigenvalue weighted by atomic mass is 10.2. The Balaban J connectivity index is 2.17. The van der Waals surface area contributed by atoms with Crippen LogP contribution in [-0.4, -0.2) is 36.2 Å². The highest BCUT2D eigenvalue weighted by molar-refractivity contribution is 5.55. The molecule has 0 fully saturated rings. The zero-order valence-electron chi connectivity index (χ0n) is 13.8. The number of nitrogens with two attached hydrogens (primary N) is 1. The Morgan fingerprint density at radius 2 is 1.96 bits per heavy atom. The van der Waals surface area contributed by atoms with E-state index in [9.17, 15) is 0 Å². The summed E-state index contributed by atoms with van der Waals surface area (Å²) in [7, 11) is 5.28. The van der Waals surface area contributed by atoms with Crippen molar-refractivity contribution in [3.05, 3.63) is 35.7 Å². The second kappa shape index (κ2) is 7.44. The second-order valence-corrected chi connectivity index (χ2v) is 5.00. The van der Waals surface area contributed by atoms with Crippen molar-refractivity contribution < 1.29 is 9.47 Å². The maximum atomic E-state index is 5.76. The normalized spacial score (nSPS) is 10.8. The molecule has 2 rings (SSSR count). The van der Waals surface area contributed by atoms with Gasteiger partial charge in [-0.05, 0) is 24.6 Å². The molecule has 122 valence electrons. The average molecular weight is 315 g/mol. The van der Waals surface area contributed by atoms with Gasteiger partial charge in [-0.15, -0.1) is 0 Å². The maximum absolute atomic E-state index is 5.76. The van der Waals surface area contributed by atoms with E-state index in [0.717, 1.165) is 5.56 Å². The van der Waals surface area contributed by atoms with Crippen LogP contribution in [0, 0.1) is 0 Å². The molecule has 1 aromatic carbocycles. The summed E-state index contributed by atoms with van der Waals surface area (Å²) in [5, 5.41) is 0. The van der Waals surface area contributed by atoms with Crippen LogP contribution in [0.1, 0.15) is 18.3 Å². The Hall–Kier alpha value is -2.83. The molecular weight excluding hydrogens is 294 g/mol. The van der Waals surface area contributed by atoms with Crippen LogP contribution in [-0.2, 0) is 6.61 Å². The molecule has 0 saturated heterocycles. The van der Waals surface area contributed by atoms with Gasteiger partial charge in [-0.2, -0.15) is 15.0 Å². The summed E-state index contributed by atoms with van der Waals surface area (Å²) in [5.74, 6) is 2.38. The van der Waals surface area contributed by atoms with Crippen LogP contribution in [0.3, 0.4) is 0 Å². The topological polar surface area (TPSA) is 86.4 Å². The van der Waals surface area contributed by atoms with Crippen molar-refractivity contribution in [1.29, 1.82) is 0 Å². The summed E-state index contributed by atoms with van der Waals surface area (Å²) in [5.41, 5.74) is 6.74. The number of hydrogen-bond acceptors (Lipinski definition) is 7. The van der Waals surface area contributed by atoms with Crippen LogP contribution in [0.25, 0.3) is 6.08 Å². The Bertz CT molecular complexity index is 701. The molecule has 7 heteroatoms. The molecule has 0 saturated carbocycles. The maximum Gasteiger partial charge on any atom is 0.230 e. The molecule has 0 amide bonds. The van der Waals surface area contributed by atoms with Gasteiger partial charge in [0.05, 0.1) is 7.11 Å². The first-order valence-corrected chi connectivity index (χ1v) is 7.14. The molecule has 7 nitrogen and oxygen atoms in total. The van der Waals surface area contributed by atoms with Gasteiger partial charge < -0.3 is 20.1 Å². The van der Waals surface area contributed by atoms with Crippen molar-refractivity contribution in [3.8, 4) is 11.5 Å². The molecule has 0 spiro atoms. The van der Waals surface area contributed by atoms with E-state index in [4.69, 9.17) is 15.2 Å². The Morgan fingerprint density at radius 3 is 2.61 bits per heavy atom. The van der Waals surface area contributed by atoms with Gasteiger partial charge in [0, 0.05) is 14.1 Å². The van der Waals surface area contributed by atoms with Crippen LogP contribution in [0.5, 0.6) is 11.5 Å². The molecule has 2 aromatic rings. The Labute approximate surface area is 135 Å². The largest absolute Gasteiger partial charge is 0.493 e. The molecule has 0 aliphatic heterocycles. The van der Waals surface area contributed by atoms with Gasteiger partial charge >= 0.3 is 0 Å². The molecule has 1 aromatic heterocycles. The van der Waals surface area contributed by atoms with Crippen molar-refractivity contribution in [1.82, 2.24) is 15.0 Å². The molecule has 1 heterocycles. The summed E-state index contributed by atoms with van der Waals surface area (Å²) in [6.45, 7) is 2.14. The number of hydrogen-bond donors (Lipinski definition) is 1. The molecule has 0 atom stereocenters. The van der Waals surface area contributed by atoms with E-state index in [-0.39, 0.29) is 12.6 Å². The van der Waals surface area contributed by atoms with E-state index in [1.807, 2.05) is 51.4 Å². The molecule has 23 heavy (non-hydrogen) atoms. The highest BCUT2D eigenvalue weighted by Crippen LogP contribution is 2.29. The molecule has 0 bridgehead atoms. The van der Waals surface area contributed by atoms with Gasteiger partial charge in [0.1, 0.15) is 6.61 Å². The fourth-order valence-corrected chi connectivity index (χ4v) is 1.93. The minimum Gasteiger partial charge on any atom is -0.493 e. The van der Waals surface area contributed by atoms with Crippen LogP contribution >= 0.6 is 0 Å². The number of ether oxygens (including phenoxy) is 2. The van der Waals surface area contributed by atoms with E-state index >= 15 is 0 Å². The number of methoxy groups -OCH3 is 1. The van der Waals surface area contributed by atoms with E-state index < -0.39 is 0 Å². The fraction of sp³-hybridized carbons (Fsp3) is 0.312. The van der Waals surface area contributed by atoms with Crippen LogP contribution in [0.2, 0.25) is 0 Å². The van der Waals surface area contributed by atoms with Gasteiger partial charge in [-0.25, -0.2) is 0 Å². The van der Waals surface area contributed by atoms with Crippen molar-refractivity contribution in [2.45, 2.75) is 13.5 Å². The van der Waals surface area contributed by atoms with Gasteiger partial charge in [0.25, 0.3) is 0 Å². The molecule has 0 aliphatic rings. The third-order valence-electron chi connectivity index (χ3n) is 2.99. The van der Waals surface area contributed by atoms with Crippen molar-refractivity contribution >= 4 is 18.0 Å². The summed E-state index contributed by atoms with van der Waals surface area (Å²) in [6.07, 6.45) is 3.95. The molecule has 2 N–H and O–H groups in total. The fourth-order valence-electron chi connectivity index (χ4n) is 1.93. The first-order valence-electron chi connectivity index (χ1n) is 7.14. The van der Waals surface area contributed by atoms with Crippen molar-refractivity contribution in [3.63, 3.8) is 0 Å². The predicted octanol–water partition coefficient (Wildman–Crippen LogP) is 2.14. The Morgan fingerprint density at radius 1 is 1.17 bits per heavy atom. The first-order chi connectivity index (χ1) is 11.0. The number of nitrogen functional groups attached to an aromatic ring is 1. The quantitative estimate of drug-likeness (QED) is 0.874. The Kier molecular flexibility index (Phi) is 5.35. The summed E-state index contributed by atoms with van der Waals surface area (Å²) >= 11 is 0. The third-order valence-corrected chi connectivity index (χ3v) is 2.99. The zero-order valence-corrected chi connectivity index (χ0v) is 13.8. The minimum atomic E-state index is 0.165. The lowest BCUT2D eigenvalue weighted by molar-refractivity contribution is 0.276. The van der Waals surface area contributed by atoms with E-state index in [0.29, 0.717) is 23.3 Å². The molecular formula is C16H21N5O2. The second-order valence-electron chi connectivity index (χ2n) is 5.00. The smallest absolute Gasteiger partial charge is 0.230 e. The number of nitrogens with zero attached hydrogens (tertiary/aromatic N) is 4. The average Bonchev–Trinajstić information content (AvgIpc) is 2.53. The minimum absolute atomic E-state index is 0.165. The van der Waals surface area contributed by atoms with Gasteiger partial charge in [0.15, 0.2) is 17.3 Å². The monoisotopic (exact) mass is 315 g/mol. The highest BCUT2D eigenvalue weighted by Gasteiger charge is 2.09. The van der Waals surface area contributed by atoms with Crippen LogP contribution < -0.4 is 20.1 Å². The van der Waals surface area contributed by atoms with E-state index in [1.54, 1.807) is 12.0 Å². The predicted molar refractivity (Wildman–Crippen MR) is 90.6 cm³/mol. The number of allylic oxidation sites excluding steroid dienone is 1. The van der Waals surface area contributed by atoms with Gasteiger partial charge in [-0.1, -0.05) is 18.2 Å². The summed E-state index contributed by atoms with van der Waals surface area (Å²) < 4.78 is 11.1. The van der Waals surface area contributed by atoms with E-state index in [1.165, 1.54) is 0 Å². The van der Waals surface area contributed by atoms with Crippen molar-refractivity contribution in [2.24, 2.45) is 0 Å². The lowest BCUT2D eigenvalue weighted by Crippen LogP contribution is -2.17. The molecule has 0 radical (unpaired) electrons. The lowest BCUT2D eigenvalue weighted by Gasteiger charge is -2.13. The summed E-state index contributed by atoms with van der Waals surface area (Å²) in [6, 6.07) is 5.71. The van der Waals surface area contributed by atoms with Gasteiger partial charge in [-0.3, -0.25) is 0 Å². The van der Waals surface area contributed by atoms with Crippen molar-refractivity contribution in [2.75, 3.05) is 31.8 Å². The van der Waals surface area contributed by atoms with Gasteiger partial charge in [0.2, 0.25) is 11.9 Å².